The second-order valence-corrected chi connectivity index (χ2v) is 4.52. The van der Waals surface area contributed by atoms with Gasteiger partial charge in [-0.15, -0.1) is 0 Å². The molecular formula is C16H40N6. The molecule has 0 radical (unpaired) electrons. The van der Waals surface area contributed by atoms with E-state index in [0.29, 0.717) is 12.6 Å². The zero-order valence-electron chi connectivity index (χ0n) is 14.7. The van der Waals surface area contributed by atoms with Gasteiger partial charge in [0.1, 0.15) is 5.84 Å². The summed E-state index contributed by atoms with van der Waals surface area (Å²) in [6, 6.07) is 7.99. The standard InChI is InChI=1S/C12H20N4.C3H8.CH5N.H3N.2H2/c1-2-10(7-8-13)16-11-5-3-9(4-6-11)12(14)15;1-3-2;1-2;;;/h3-6,10,16H,2,7-8,13H2,1H3,(H3,14,15);3H2,1-2H3;2H2,1H3;1H3;2*1H. The Labute approximate surface area is 138 Å². The van der Waals surface area contributed by atoms with Crippen LogP contribution in [0.5, 0.6) is 0 Å². The highest BCUT2D eigenvalue weighted by Crippen LogP contribution is 2.12. The van der Waals surface area contributed by atoms with Gasteiger partial charge in [-0.3, -0.25) is 5.41 Å². The summed E-state index contributed by atoms with van der Waals surface area (Å²) in [6.45, 7) is 7.08. The van der Waals surface area contributed by atoms with Crippen molar-refractivity contribution in [3.05, 3.63) is 29.8 Å². The maximum absolute atomic E-state index is 7.29. The van der Waals surface area contributed by atoms with Crippen molar-refractivity contribution < 1.29 is 2.85 Å². The maximum Gasteiger partial charge on any atom is 0.122 e. The molecule has 0 aliphatic rings. The molecule has 0 bridgehead atoms. The lowest BCUT2D eigenvalue weighted by Crippen LogP contribution is -2.22. The molecule has 6 heteroatoms. The molecule has 1 aromatic carbocycles. The second kappa shape index (κ2) is 17.4. The summed E-state index contributed by atoms with van der Waals surface area (Å²) in [5.74, 6) is 0.0977. The summed E-state index contributed by atoms with van der Waals surface area (Å²) in [7, 11) is 1.50. The number of benzene rings is 1. The minimum absolute atomic E-state index is 0. The zero-order chi connectivity index (χ0) is 16.7. The fourth-order valence-electron chi connectivity index (χ4n) is 1.56. The van der Waals surface area contributed by atoms with E-state index in [9.17, 15) is 0 Å². The van der Waals surface area contributed by atoms with Crippen LogP contribution < -0.4 is 28.7 Å². The third kappa shape index (κ3) is 12.1. The third-order valence-electron chi connectivity index (χ3n) is 2.57. The van der Waals surface area contributed by atoms with Crippen LogP contribution in [0.2, 0.25) is 0 Å². The smallest absolute Gasteiger partial charge is 0.122 e. The first kappa shape index (κ1) is 25.3. The lowest BCUT2D eigenvalue weighted by atomic mass is 10.1. The Morgan fingerprint density at radius 3 is 1.95 bits per heavy atom. The molecule has 1 unspecified atom stereocenters. The highest BCUT2D eigenvalue weighted by molar-refractivity contribution is 5.95. The van der Waals surface area contributed by atoms with Gasteiger partial charge in [0.15, 0.2) is 0 Å². The fraction of sp³-hybridized carbons (Fsp3) is 0.562. The van der Waals surface area contributed by atoms with Crippen molar-refractivity contribution in [1.82, 2.24) is 6.15 Å². The maximum atomic E-state index is 7.29. The average Bonchev–Trinajstić information content (AvgIpc) is 2.50. The molecule has 1 rings (SSSR count). The van der Waals surface area contributed by atoms with E-state index < -0.39 is 0 Å². The molecule has 6 nitrogen and oxygen atoms in total. The molecule has 134 valence electrons. The van der Waals surface area contributed by atoms with E-state index in [1.54, 1.807) is 0 Å². The second-order valence-electron chi connectivity index (χ2n) is 4.52. The molecule has 0 aromatic heterocycles. The van der Waals surface area contributed by atoms with E-state index in [-0.39, 0.29) is 14.8 Å². The molecule has 0 aliphatic carbocycles. The molecule has 0 saturated heterocycles. The van der Waals surface area contributed by atoms with E-state index in [2.05, 4.69) is 31.8 Å². The predicted octanol–water partition coefficient (Wildman–Crippen LogP) is 3.16. The first-order valence-electron chi connectivity index (χ1n) is 7.57. The van der Waals surface area contributed by atoms with E-state index in [4.69, 9.17) is 16.9 Å². The quantitative estimate of drug-likeness (QED) is 0.352. The summed E-state index contributed by atoms with van der Waals surface area (Å²) in [6.07, 6.45) is 3.26. The van der Waals surface area contributed by atoms with Crippen molar-refractivity contribution in [3.63, 3.8) is 0 Å². The first-order valence-corrected chi connectivity index (χ1v) is 7.57. The molecule has 0 spiro atoms. The van der Waals surface area contributed by atoms with Gasteiger partial charge in [-0.1, -0.05) is 27.2 Å². The number of nitrogens with two attached hydrogens (primary N) is 3. The fourth-order valence-corrected chi connectivity index (χ4v) is 1.56. The van der Waals surface area contributed by atoms with E-state index >= 15 is 0 Å². The molecule has 0 heterocycles. The largest absolute Gasteiger partial charge is 0.384 e. The zero-order valence-corrected chi connectivity index (χ0v) is 14.7. The van der Waals surface area contributed by atoms with Crippen molar-refractivity contribution >= 4 is 11.5 Å². The van der Waals surface area contributed by atoms with E-state index in [1.807, 2.05) is 24.3 Å². The van der Waals surface area contributed by atoms with E-state index in [0.717, 1.165) is 24.1 Å². The SMILES string of the molecule is CCC.CCC(CCN)Nc1ccc(C(=N)N)cc1.CN.N.[HH].[HH]. The molecule has 22 heavy (non-hydrogen) atoms. The van der Waals surface area contributed by atoms with Gasteiger partial charge in [0.2, 0.25) is 0 Å². The van der Waals surface area contributed by atoms with Crippen molar-refractivity contribution in [3.8, 4) is 0 Å². The Hall–Kier alpha value is -1.63. The summed E-state index contributed by atoms with van der Waals surface area (Å²) in [4.78, 5) is 0. The number of hydrogen-bond donors (Lipinski definition) is 6. The van der Waals surface area contributed by atoms with Crippen LogP contribution in [0.1, 0.15) is 48.5 Å². The molecule has 0 saturated carbocycles. The summed E-state index contributed by atoms with van der Waals surface area (Å²) in [5, 5.41) is 10.7. The van der Waals surface area contributed by atoms with Gasteiger partial charge in [-0.05, 0) is 50.7 Å². The van der Waals surface area contributed by atoms with Crippen LogP contribution in [-0.2, 0) is 0 Å². The highest BCUT2D eigenvalue weighted by Gasteiger charge is 2.04. The Morgan fingerprint density at radius 1 is 1.18 bits per heavy atom. The molecular weight excluding hydrogens is 276 g/mol. The Bertz CT molecular complexity index is 360. The van der Waals surface area contributed by atoms with Crippen molar-refractivity contribution in [1.29, 1.82) is 5.41 Å². The minimum atomic E-state index is 0. The number of amidine groups is 1. The predicted molar refractivity (Wildman–Crippen MR) is 104 cm³/mol. The van der Waals surface area contributed by atoms with Gasteiger partial charge in [-0.2, -0.15) is 0 Å². The number of nitrogens with one attached hydrogen (secondary N) is 2. The van der Waals surface area contributed by atoms with Crippen LogP contribution >= 0.6 is 0 Å². The van der Waals surface area contributed by atoms with Crippen LogP contribution in [0.25, 0.3) is 0 Å². The van der Waals surface area contributed by atoms with Crippen LogP contribution in [0.4, 0.5) is 5.69 Å². The van der Waals surface area contributed by atoms with Crippen LogP contribution in [0.15, 0.2) is 24.3 Å². The summed E-state index contributed by atoms with van der Waals surface area (Å²) >= 11 is 0. The van der Waals surface area contributed by atoms with Crippen LogP contribution in [0.3, 0.4) is 0 Å². The average molecular weight is 317 g/mol. The monoisotopic (exact) mass is 316 g/mol. The van der Waals surface area contributed by atoms with Gasteiger partial charge >= 0.3 is 0 Å². The number of rotatable bonds is 6. The summed E-state index contributed by atoms with van der Waals surface area (Å²) in [5.41, 5.74) is 17.2. The van der Waals surface area contributed by atoms with Gasteiger partial charge in [0.25, 0.3) is 0 Å². The van der Waals surface area contributed by atoms with Crippen molar-refractivity contribution in [2.24, 2.45) is 17.2 Å². The highest BCUT2D eigenvalue weighted by atomic mass is 14.9. The van der Waals surface area contributed by atoms with Crippen LogP contribution in [0, 0.1) is 5.41 Å². The van der Waals surface area contributed by atoms with Gasteiger partial charge < -0.3 is 28.7 Å². The topological polar surface area (TPSA) is 149 Å². The Morgan fingerprint density at radius 2 is 1.64 bits per heavy atom. The lowest BCUT2D eigenvalue weighted by molar-refractivity contribution is 0.642. The third-order valence-corrected chi connectivity index (χ3v) is 2.57. The van der Waals surface area contributed by atoms with Gasteiger partial charge in [0, 0.05) is 20.1 Å². The van der Waals surface area contributed by atoms with Crippen molar-refractivity contribution in [2.45, 2.75) is 46.1 Å². The minimum Gasteiger partial charge on any atom is -0.384 e. The van der Waals surface area contributed by atoms with Gasteiger partial charge in [-0.25, -0.2) is 0 Å². The molecule has 0 fully saturated rings. The number of nitrogen functional groups attached to an aromatic ring is 1. The number of anilines is 1. The Balaban J connectivity index is -0.000000136. The van der Waals surface area contributed by atoms with E-state index in [1.165, 1.54) is 13.5 Å². The molecule has 0 amide bonds. The lowest BCUT2D eigenvalue weighted by Gasteiger charge is -2.17. The van der Waals surface area contributed by atoms with Gasteiger partial charge in [0.05, 0.1) is 0 Å². The molecule has 0 aliphatic heterocycles. The summed E-state index contributed by atoms with van der Waals surface area (Å²) < 4.78 is 0. The molecule has 1 aromatic rings. The molecule has 1 atom stereocenters. The van der Waals surface area contributed by atoms with Crippen LogP contribution in [-0.4, -0.2) is 25.5 Å². The first-order chi connectivity index (χ1) is 10.1. The normalized spacial score (nSPS) is 9.91. The number of hydrogen-bond acceptors (Lipinski definition) is 5. The van der Waals surface area contributed by atoms with Crippen molar-refractivity contribution in [2.75, 3.05) is 18.9 Å². The molecule has 11 N–H and O–H groups in total. The Kier molecular flexibility index (Phi) is 20.1.